The van der Waals surface area contributed by atoms with Crippen LogP contribution in [0.1, 0.15) is 17.8 Å². The fourth-order valence-electron chi connectivity index (χ4n) is 2.25. The third-order valence-corrected chi connectivity index (χ3v) is 3.15. The highest BCUT2D eigenvalue weighted by atomic mass is 16.4. The quantitative estimate of drug-likeness (QED) is 0.861. The third kappa shape index (κ3) is 2.32. The average molecular weight is 259 g/mol. The highest BCUT2D eigenvalue weighted by Crippen LogP contribution is 2.21. The summed E-state index contributed by atoms with van der Waals surface area (Å²) >= 11 is 0. The van der Waals surface area contributed by atoms with Gasteiger partial charge in [-0.05, 0) is 22.1 Å². The summed E-state index contributed by atoms with van der Waals surface area (Å²) in [5.74, 6) is -0.0625. The number of aliphatic carboxylic acids is 1. The standard InChI is InChI=1S/C12H13N5O2/c18-12(19)5-6-16-7-9-3-1-2-4-10(9)17-11(8-16)13-14-15-17/h1-4H,5-8H2,(H,18,19). The fraction of sp³-hybridized carbons (Fsp3) is 0.333. The molecular weight excluding hydrogens is 246 g/mol. The van der Waals surface area contributed by atoms with Crippen molar-refractivity contribution >= 4 is 5.97 Å². The van der Waals surface area contributed by atoms with E-state index < -0.39 is 5.97 Å². The molecule has 98 valence electrons. The van der Waals surface area contributed by atoms with Gasteiger partial charge >= 0.3 is 5.97 Å². The number of carbonyl (C=O) groups is 1. The van der Waals surface area contributed by atoms with Crippen molar-refractivity contribution in [3.63, 3.8) is 0 Å². The maximum Gasteiger partial charge on any atom is 0.304 e. The van der Waals surface area contributed by atoms with Crippen LogP contribution in [0.15, 0.2) is 24.3 Å². The summed E-state index contributed by atoms with van der Waals surface area (Å²) in [7, 11) is 0. The molecule has 0 aliphatic carbocycles. The maximum absolute atomic E-state index is 10.7. The molecule has 0 fully saturated rings. The summed E-state index contributed by atoms with van der Waals surface area (Å²) in [6.07, 6.45) is 0.115. The average Bonchev–Trinajstić information content (AvgIpc) is 2.79. The van der Waals surface area contributed by atoms with Crippen molar-refractivity contribution in [1.82, 2.24) is 25.1 Å². The number of carboxylic acid groups (broad SMARTS) is 1. The van der Waals surface area contributed by atoms with E-state index in [4.69, 9.17) is 5.11 Å². The van der Waals surface area contributed by atoms with E-state index in [0.717, 1.165) is 17.1 Å². The molecule has 0 unspecified atom stereocenters. The second-order valence-electron chi connectivity index (χ2n) is 4.49. The van der Waals surface area contributed by atoms with Crippen LogP contribution in [-0.2, 0) is 17.9 Å². The number of nitrogens with zero attached hydrogens (tertiary/aromatic N) is 5. The Bertz CT molecular complexity index is 610. The normalized spacial score (nSPS) is 14.5. The molecule has 1 aliphatic heterocycles. The van der Waals surface area contributed by atoms with Gasteiger partial charge in [0, 0.05) is 13.1 Å². The molecule has 0 spiro atoms. The van der Waals surface area contributed by atoms with E-state index in [9.17, 15) is 4.79 Å². The number of hydrogen-bond acceptors (Lipinski definition) is 5. The molecule has 19 heavy (non-hydrogen) atoms. The Balaban J connectivity index is 1.94. The SMILES string of the molecule is O=C(O)CCN1Cc2ccccc2-n2nnnc2C1. The lowest BCUT2D eigenvalue weighted by Crippen LogP contribution is -2.25. The zero-order valence-electron chi connectivity index (χ0n) is 10.2. The minimum atomic E-state index is -0.794. The van der Waals surface area contributed by atoms with E-state index in [1.165, 1.54) is 0 Å². The van der Waals surface area contributed by atoms with Crippen molar-refractivity contribution in [3.8, 4) is 5.69 Å². The van der Waals surface area contributed by atoms with Crippen LogP contribution in [0.4, 0.5) is 0 Å². The van der Waals surface area contributed by atoms with Gasteiger partial charge in [-0.15, -0.1) is 5.10 Å². The Hall–Kier alpha value is -2.28. The molecule has 0 atom stereocenters. The van der Waals surface area contributed by atoms with Crippen LogP contribution in [0.25, 0.3) is 5.69 Å². The van der Waals surface area contributed by atoms with Gasteiger partial charge in [-0.1, -0.05) is 18.2 Å². The van der Waals surface area contributed by atoms with E-state index in [1.54, 1.807) is 4.68 Å². The first-order valence-corrected chi connectivity index (χ1v) is 6.04. The molecule has 2 aromatic rings. The predicted octanol–water partition coefficient (Wildman–Crippen LogP) is 0.453. The van der Waals surface area contributed by atoms with Crippen molar-refractivity contribution in [2.24, 2.45) is 0 Å². The molecule has 1 aromatic carbocycles. The molecule has 1 aliphatic rings. The number of carboxylic acids is 1. The lowest BCUT2D eigenvalue weighted by atomic mass is 10.1. The van der Waals surface area contributed by atoms with Crippen molar-refractivity contribution in [2.75, 3.05) is 6.54 Å². The summed E-state index contributed by atoms with van der Waals surface area (Å²) < 4.78 is 1.72. The Kier molecular flexibility index (Phi) is 2.96. The molecule has 0 radical (unpaired) electrons. The molecule has 2 heterocycles. The predicted molar refractivity (Wildman–Crippen MR) is 65.5 cm³/mol. The molecule has 0 amide bonds. The van der Waals surface area contributed by atoms with Gasteiger partial charge in [-0.3, -0.25) is 9.69 Å². The van der Waals surface area contributed by atoms with Crippen LogP contribution in [0.2, 0.25) is 0 Å². The molecule has 7 heteroatoms. The lowest BCUT2D eigenvalue weighted by molar-refractivity contribution is -0.137. The monoisotopic (exact) mass is 259 g/mol. The van der Waals surface area contributed by atoms with Crippen molar-refractivity contribution in [1.29, 1.82) is 0 Å². The minimum absolute atomic E-state index is 0.115. The van der Waals surface area contributed by atoms with Gasteiger partial charge < -0.3 is 5.11 Å². The minimum Gasteiger partial charge on any atom is -0.481 e. The lowest BCUT2D eigenvalue weighted by Gasteiger charge is -2.18. The Labute approximate surface area is 109 Å². The van der Waals surface area contributed by atoms with Crippen LogP contribution in [0, 0.1) is 0 Å². The second kappa shape index (κ2) is 4.77. The van der Waals surface area contributed by atoms with Crippen LogP contribution < -0.4 is 0 Å². The van der Waals surface area contributed by atoms with E-state index in [0.29, 0.717) is 19.6 Å². The Morgan fingerprint density at radius 2 is 2.16 bits per heavy atom. The summed E-state index contributed by atoms with van der Waals surface area (Å²) in [4.78, 5) is 12.7. The van der Waals surface area contributed by atoms with E-state index in [-0.39, 0.29) is 6.42 Å². The van der Waals surface area contributed by atoms with Crippen molar-refractivity contribution in [3.05, 3.63) is 35.7 Å². The molecule has 1 aromatic heterocycles. The summed E-state index contributed by atoms with van der Waals surface area (Å²) in [5.41, 5.74) is 2.05. The van der Waals surface area contributed by atoms with Gasteiger partial charge in [0.15, 0.2) is 5.82 Å². The highest BCUT2D eigenvalue weighted by molar-refractivity contribution is 5.66. The highest BCUT2D eigenvalue weighted by Gasteiger charge is 2.21. The fourth-order valence-corrected chi connectivity index (χ4v) is 2.25. The van der Waals surface area contributed by atoms with E-state index in [1.807, 2.05) is 29.2 Å². The van der Waals surface area contributed by atoms with Crippen LogP contribution in [0.3, 0.4) is 0 Å². The Morgan fingerprint density at radius 3 is 3.00 bits per heavy atom. The van der Waals surface area contributed by atoms with Crippen LogP contribution in [-0.4, -0.2) is 42.7 Å². The first-order valence-electron chi connectivity index (χ1n) is 6.04. The Morgan fingerprint density at radius 1 is 1.32 bits per heavy atom. The van der Waals surface area contributed by atoms with Crippen LogP contribution >= 0.6 is 0 Å². The van der Waals surface area contributed by atoms with Gasteiger partial charge in [-0.2, -0.15) is 4.68 Å². The number of benzene rings is 1. The number of hydrogen-bond donors (Lipinski definition) is 1. The largest absolute Gasteiger partial charge is 0.481 e. The van der Waals surface area contributed by atoms with Gasteiger partial charge in [0.1, 0.15) is 0 Å². The smallest absolute Gasteiger partial charge is 0.304 e. The molecule has 7 nitrogen and oxygen atoms in total. The van der Waals surface area contributed by atoms with Gasteiger partial charge in [0.05, 0.1) is 18.7 Å². The third-order valence-electron chi connectivity index (χ3n) is 3.15. The van der Waals surface area contributed by atoms with E-state index in [2.05, 4.69) is 15.5 Å². The molecule has 0 saturated carbocycles. The number of para-hydroxylation sites is 1. The van der Waals surface area contributed by atoms with Crippen LogP contribution in [0.5, 0.6) is 0 Å². The van der Waals surface area contributed by atoms with Crippen molar-refractivity contribution < 1.29 is 9.90 Å². The van der Waals surface area contributed by atoms with Gasteiger partial charge in [-0.25, -0.2) is 0 Å². The molecule has 0 bridgehead atoms. The number of aromatic nitrogens is 4. The number of tetrazole rings is 1. The second-order valence-corrected chi connectivity index (χ2v) is 4.49. The zero-order chi connectivity index (χ0) is 13.2. The first-order chi connectivity index (χ1) is 9.24. The number of fused-ring (bicyclic) bond motifs is 3. The summed E-state index contributed by atoms with van der Waals surface area (Å²) in [6.45, 7) is 1.72. The molecular formula is C12H13N5O2. The molecule has 3 rings (SSSR count). The molecule has 1 N–H and O–H groups in total. The number of rotatable bonds is 3. The van der Waals surface area contributed by atoms with Gasteiger partial charge in [0.25, 0.3) is 0 Å². The molecule has 0 saturated heterocycles. The topological polar surface area (TPSA) is 84.1 Å². The zero-order valence-corrected chi connectivity index (χ0v) is 10.2. The summed E-state index contributed by atoms with van der Waals surface area (Å²) in [5, 5.41) is 20.5. The van der Waals surface area contributed by atoms with Gasteiger partial charge in [0.2, 0.25) is 0 Å². The summed E-state index contributed by atoms with van der Waals surface area (Å²) in [6, 6.07) is 7.89. The maximum atomic E-state index is 10.7. The van der Waals surface area contributed by atoms with Crippen molar-refractivity contribution in [2.45, 2.75) is 19.5 Å². The first kappa shape index (κ1) is 11.8. The van der Waals surface area contributed by atoms with E-state index >= 15 is 0 Å².